The fraction of sp³-hybridized carbons (Fsp3) is 0.100. The highest BCUT2D eigenvalue weighted by Gasteiger charge is 2.30. The van der Waals surface area contributed by atoms with Gasteiger partial charge in [-0.05, 0) is 46.2 Å². The second kappa shape index (κ2) is 6.04. The van der Waals surface area contributed by atoms with Crippen molar-refractivity contribution in [1.82, 2.24) is 4.90 Å². The molecule has 1 amide bonds. The SMILES string of the molecule is CCN1C(=O)/C(=C/c2cc3ccccc3c3ccccc23)SC1=S. The average molecular weight is 349 g/mol. The molecule has 1 aliphatic heterocycles. The molecule has 0 aliphatic carbocycles. The summed E-state index contributed by atoms with van der Waals surface area (Å²) in [5.41, 5.74) is 1.06. The van der Waals surface area contributed by atoms with E-state index in [0.29, 0.717) is 15.8 Å². The second-order valence-corrected chi connectivity index (χ2v) is 7.33. The Morgan fingerprint density at radius 3 is 2.42 bits per heavy atom. The third kappa shape index (κ3) is 2.43. The Labute approximate surface area is 150 Å². The van der Waals surface area contributed by atoms with E-state index in [2.05, 4.69) is 42.5 Å². The summed E-state index contributed by atoms with van der Waals surface area (Å²) in [5.74, 6) is 0.00439. The lowest BCUT2D eigenvalue weighted by Crippen LogP contribution is -2.27. The van der Waals surface area contributed by atoms with Crippen molar-refractivity contribution in [3.8, 4) is 0 Å². The number of thioether (sulfide) groups is 1. The predicted molar refractivity (Wildman–Crippen MR) is 107 cm³/mol. The maximum Gasteiger partial charge on any atom is 0.266 e. The van der Waals surface area contributed by atoms with Crippen LogP contribution in [0.5, 0.6) is 0 Å². The number of benzene rings is 3. The number of carbonyl (C=O) groups is 1. The highest BCUT2D eigenvalue weighted by Crippen LogP contribution is 2.35. The lowest BCUT2D eigenvalue weighted by atomic mass is 9.97. The molecule has 0 spiro atoms. The third-order valence-corrected chi connectivity index (χ3v) is 5.65. The first-order valence-corrected chi connectivity index (χ1v) is 9.07. The number of likely N-dealkylation sites (N-methyl/N-ethyl adjacent to an activating group) is 1. The quantitative estimate of drug-likeness (QED) is 0.360. The van der Waals surface area contributed by atoms with Gasteiger partial charge < -0.3 is 0 Å². The van der Waals surface area contributed by atoms with E-state index in [1.54, 1.807) is 4.90 Å². The lowest BCUT2D eigenvalue weighted by Gasteiger charge is -2.10. The van der Waals surface area contributed by atoms with E-state index in [9.17, 15) is 4.79 Å². The van der Waals surface area contributed by atoms with Gasteiger partial charge in [0, 0.05) is 6.54 Å². The normalized spacial score (nSPS) is 16.7. The number of fused-ring (bicyclic) bond motifs is 3. The zero-order valence-corrected chi connectivity index (χ0v) is 14.8. The predicted octanol–water partition coefficient (Wildman–Crippen LogP) is 5.21. The maximum atomic E-state index is 12.5. The molecule has 0 aromatic heterocycles. The second-order valence-electron chi connectivity index (χ2n) is 5.66. The van der Waals surface area contributed by atoms with Gasteiger partial charge in [-0.3, -0.25) is 9.69 Å². The van der Waals surface area contributed by atoms with Crippen LogP contribution in [0.1, 0.15) is 12.5 Å². The lowest BCUT2D eigenvalue weighted by molar-refractivity contribution is -0.121. The number of nitrogens with zero attached hydrogens (tertiary/aromatic N) is 1. The van der Waals surface area contributed by atoms with Crippen molar-refractivity contribution in [2.24, 2.45) is 0 Å². The van der Waals surface area contributed by atoms with Crippen molar-refractivity contribution in [3.05, 3.63) is 65.1 Å². The first-order chi connectivity index (χ1) is 11.7. The third-order valence-electron chi connectivity index (χ3n) is 4.28. The van der Waals surface area contributed by atoms with Crippen LogP contribution in [-0.2, 0) is 4.79 Å². The highest BCUT2D eigenvalue weighted by molar-refractivity contribution is 8.26. The van der Waals surface area contributed by atoms with Gasteiger partial charge in [0.05, 0.1) is 4.91 Å². The van der Waals surface area contributed by atoms with Crippen LogP contribution >= 0.6 is 24.0 Å². The number of amides is 1. The molecule has 1 heterocycles. The summed E-state index contributed by atoms with van der Waals surface area (Å²) >= 11 is 6.69. The molecule has 1 saturated heterocycles. The van der Waals surface area contributed by atoms with Crippen molar-refractivity contribution in [2.75, 3.05) is 6.54 Å². The van der Waals surface area contributed by atoms with E-state index in [0.717, 1.165) is 10.9 Å². The van der Waals surface area contributed by atoms with E-state index in [-0.39, 0.29) is 5.91 Å². The standard InChI is InChI=1S/C20H15NOS2/c1-2-21-19(22)18(24-20(21)23)12-14-11-13-7-3-4-8-15(13)17-10-6-5-9-16(14)17/h3-12H,2H2,1H3/b18-12-. The molecule has 1 fully saturated rings. The minimum absolute atomic E-state index is 0.00439. The molecule has 0 N–H and O–H groups in total. The molecule has 2 nitrogen and oxygen atoms in total. The van der Waals surface area contributed by atoms with Crippen LogP contribution in [0, 0.1) is 0 Å². The van der Waals surface area contributed by atoms with E-state index in [4.69, 9.17) is 12.2 Å². The van der Waals surface area contributed by atoms with Gasteiger partial charge >= 0.3 is 0 Å². The minimum Gasteiger partial charge on any atom is -0.293 e. The monoisotopic (exact) mass is 349 g/mol. The van der Waals surface area contributed by atoms with Gasteiger partial charge in [-0.25, -0.2) is 0 Å². The molecule has 4 heteroatoms. The molecule has 3 aromatic rings. The maximum absolute atomic E-state index is 12.5. The Morgan fingerprint density at radius 1 is 1.04 bits per heavy atom. The van der Waals surface area contributed by atoms with Crippen molar-refractivity contribution >= 4 is 61.8 Å². The van der Waals surface area contributed by atoms with Crippen LogP contribution in [0.2, 0.25) is 0 Å². The minimum atomic E-state index is 0.00439. The molecule has 0 radical (unpaired) electrons. The van der Waals surface area contributed by atoms with Crippen LogP contribution in [0.4, 0.5) is 0 Å². The van der Waals surface area contributed by atoms with Gasteiger partial charge in [0.15, 0.2) is 0 Å². The van der Waals surface area contributed by atoms with E-state index in [1.165, 1.54) is 27.9 Å². The van der Waals surface area contributed by atoms with Crippen LogP contribution < -0.4 is 0 Å². The van der Waals surface area contributed by atoms with Crippen molar-refractivity contribution in [3.63, 3.8) is 0 Å². The fourth-order valence-electron chi connectivity index (χ4n) is 3.12. The van der Waals surface area contributed by atoms with Crippen LogP contribution in [-0.4, -0.2) is 21.7 Å². The summed E-state index contributed by atoms with van der Waals surface area (Å²) in [7, 11) is 0. The average Bonchev–Trinajstić information content (AvgIpc) is 2.88. The molecule has 0 saturated carbocycles. The number of rotatable bonds is 2. The first kappa shape index (κ1) is 15.4. The molecule has 3 aromatic carbocycles. The van der Waals surface area contributed by atoms with Crippen molar-refractivity contribution < 1.29 is 4.79 Å². The largest absolute Gasteiger partial charge is 0.293 e. The summed E-state index contributed by atoms with van der Waals surface area (Å²) in [5, 5.41) is 4.76. The molecule has 0 atom stereocenters. The van der Waals surface area contributed by atoms with Gasteiger partial charge in [0.1, 0.15) is 4.32 Å². The van der Waals surface area contributed by atoms with E-state index < -0.39 is 0 Å². The molecule has 0 bridgehead atoms. The van der Waals surface area contributed by atoms with Crippen molar-refractivity contribution in [2.45, 2.75) is 6.92 Å². The number of carbonyl (C=O) groups excluding carboxylic acids is 1. The molecule has 4 rings (SSSR count). The highest BCUT2D eigenvalue weighted by atomic mass is 32.2. The molecule has 118 valence electrons. The smallest absolute Gasteiger partial charge is 0.266 e. The topological polar surface area (TPSA) is 20.3 Å². The molecule has 1 aliphatic rings. The van der Waals surface area contributed by atoms with Gasteiger partial charge in [0.2, 0.25) is 0 Å². The van der Waals surface area contributed by atoms with Crippen molar-refractivity contribution in [1.29, 1.82) is 0 Å². The Hall–Kier alpha value is -2.17. The fourth-order valence-corrected chi connectivity index (χ4v) is 4.49. The number of hydrogen-bond acceptors (Lipinski definition) is 3. The summed E-state index contributed by atoms with van der Waals surface area (Å²) in [6, 6.07) is 18.8. The number of hydrogen-bond donors (Lipinski definition) is 0. The summed E-state index contributed by atoms with van der Waals surface area (Å²) in [6.07, 6.45) is 1.98. The zero-order valence-electron chi connectivity index (χ0n) is 13.2. The first-order valence-electron chi connectivity index (χ1n) is 7.85. The molecule has 0 unspecified atom stereocenters. The number of thiocarbonyl (C=S) groups is 1. The molecular weight excluding hydrogens is 334 g/mol. The Balaban J connectivity index is 1.95. The van der Waals surface area contributed by atoms with E-state index >= 15 is 0 Å². The zero-order chi connectivity index (χ0) is 16.7. The summed E-state index contributed by atoms with van der Waals surface area (Å²) in [4.78, 5) is 14.8. The Kier molecular flexibility index (Phi) is 3.87. The summed E-state index contributed by atoms with van der Waals surface area (Å²) in [6.45, 7) is 2.56. The Morgan fingerprint density at radius 2 is 1.71 bits per heavy atom. The Bertz CT molecular complexity index is 1020. The van der Waals surface area contributed by atoms with Crippen LogP contribution in [0.25, 0.3) is 27.6 Å². The van der Waals surface area contributed by atoms with Gasteiger partial charge in [0.25, 0.3) is 5.91 Å². The summed E-state index contributed by atoms with van der Waals surface area (Å²) < 4.78 is 0.638. The van der Waals surface area contributed by atoms with Gasteiger partial charge in [-0.2, -0.15) is 0 Å². The van der Waals surface area contributed by atoms with Crippen LogP contribution in [0.15, 0.2) is 59.5 Å². The molecular formula is C20H15NOS2. The van der Waals surface area contributed by atoms with Gasteiger partial charge in [-0.15, -0.1) is 0 Å². The van der Waals surface area contributed by atoms with Crippen LogP contribution in [0.3, 0.4) is 0 Å². The molecule has 24 heavy (non-hydrogen) atoms. The van der Waals surface area contributed by atoms with Gasteiger partial charge in [-0.1, -0.05) is 72.5 Å². The van der Waals surface area contributed by atoms with E-state index in [1.807, 2.05) is 25.1 Å².